The van der Waals surface area contributed by atoms with E-state index < -0.39 is 0 Å². The van der Waals surface area contributed by atoms with Gasteiger partial charge in [0.05, 0.1) is 11.9 Å². The van der Waals surface area contributed by atoms with Crippen molar-refractivity contribution in [2.75, 3.05) is 18.4 Å². The number of hydrogen-bond donors (Lipinski definition) is 3. The second-order valence-electron chi connectivity index (χ2n) is 4.60. The van der Waals surface area contributed by atoms with Gasteiger partial charge in [-0.2, -0.15) is 0 Å². The highest BCUT2D eigenvalue weighted by Gasteiger charge is 2.01. The molecule has 0 unspecified atom stereocenters. The summed E-state index contributed by atoms with van der Waals surface area (Å²) in [6, 6.07) is 3.51. The van der Waals surface area contributed by atoms with Crippen molar-refractivity contribution in [3.63, 3.8) is 0 Å². The standard InChI is InChI=1S/C13H21N5O/c1-10(2)5-7-16-13(14)17-9-12(19)18-11-4-3-6-15-8-11/h3-4,6,8,10H,5,7,9H2,1-2H3,(H,18,19)(H3,14,16,17). The van der Waals surface area contributed by atoms with Crippen molar-refractivity contribution < 1.29 is 4.79 Å². The number of hydrogen-bond acceptors (Lipinski definition) is 3. The Labute approximate surface area is 113 Å². The minimum absolute atomic E-state index is 0.00456. The Balaban J connectivity index is 2.28. The molecule has 1 amide bonds. The van der Waals surface area contributed by atoms with E-state index >= 15 is 0 Å². The Bertz CT molecular complexity index is 416. The van der Waals surface area contributed by atoms with Crippen molar-refractivity contribution in [1.82, 2.24) is 10.3 Å². The highest BCUT2D eigenvalue weighted by molar-refractivity contribution is 5.93. The number of pyridine rings is 1. The second kappa shape index (κ2) is 8.07. The molecule has 0 atom stereocenters. The van der Waals surface area contributed by atoms with Gasteiger partial charge in [0.2, 0.25) is 5.91 Å². The fourth-order valence-corrected chi connectivity index (χ4v) is 1.34. The molecule has 0 fully saturated rings. The maximum Gasteiger partial charge on any atom is 0.246 e. The van der Waals surface area contributed by atoms with E-state index in [2.05, 4.69) is 34.5 Å². The average molecular weight is 263 g/mol. The lowest BCUT2D eigenvalue weighted by Gasteiger charge is -2.07. The molecule has 0 aliphatic heterocycles. The van der Waals surface area contributed by atoms with Crippen LogP contribution in [-0.4, -0.2) is 29.9 Å². The summed E-state index contributed by atoms with van der Waals surface area (Å²) in [6.45, 7) is 5.03. The monoisotopic (exact) mass is 263 g/mol. The summed E-state index contributed by atoms with van der Waals surface area (Å²) in [5, 5.41) is 5.65. The lowest BCUT2D eigenvalue weighted by molar-refractivity contribution is -0.114. The number of nitrogens with two attached hydrogens (primary N) is 1. The summed E-state index contributed by atoms with van der Waals surface area (Å²) in [7, 11) is 0. The van der Waals surface area contributed by atoms with E-state index in [0.29, 0.717) is 17.6 Å². The number of amides is 1. The van der Waals surface area contributed by atoms with Crippen LogP contribution in [0.1, 0.15) is 20.3 Å². The van der Waals surface area contributed by atoms with Crippen LogP contribution in [0.4, 0.5) is 5.69 Å². The molecule has 19 heavy (non-hydrogen) atoms. The quantitative estimate of drug-likeness (QED) is 0.526. The van der Waals surface area contributed by atoms with E-state index in [1.165, 1.54) is 0 Å². The van der Waals surface area contributed by atoms with Crippen LogP contribution in [0.25, 0.3) is 0 Å². The number of rotatable bonds is 6. The van der Waals surface area contributed by atoms with Crippen LogP contribution in [0.15, 0.2) is 29.5 Å². The predicted molar refractivity (Wildman–Crippen MR) is 76.8 cm³/mol. The van der Waals surface area contributed by atoms with Crippen molar-refractivity contribution in [3.8, 4) is 0 Å². The van der Waals surface area contributed by atoms with Crippen LogP contribution in [0.3, 0.4) is 0 Å². The van der Waals surface area contributed by atoms with E-state index in [0.717, 1.165) is 13.0 Å². The number of nitrogens with one attached hydrogen (secondary N) is 2. The maximum absolute atomic E-state index is 11.6. The normalized spacial score (nSPS) is 11.4. The minimum Gasteiger partial charge on any atom is -0.370 e. The minimum atomic E-state index is -0.221. The number of carbonyl (C=O) groups is 1. The van der Waals surface area contributed by atoms with E-state index in [1.807, 2.05) is 0 Å². The summed E-state index contributed by atoms with van der Waals surface area (Å²) >= 11 is 0. The third kappa shape index (κ3) is 7.03. The van der Waals surface area contributed by atoms with Gasteiger partial charge in [-0.15, -0.1) is 0 Å². The van der Waals surface area contributed by atoms with Gasteiger partial charge in [0.1, 0.15) is 6.54 Å². The number of carbonyl (C=O) groups excluding carboxylic acids is 1. The molecule has 0 spiro atoms. The van der Waals surface area contributed by atoms with Gasteiger partial charge >= 0.3 is 0 Å². The molecule has 1 rings (SSSR count). The van der Waals surface area contributed by atoms with Gasteiger partial charge in [0.25, 0.3) is 0 Å². The molecule has 1 aromatic rings. The molecule has 0 aromatic carbocycles. The van der Waals surface area contributed by atoms with Crippen LogP contribution in [0.5, 0.6) is 0 Å². The fourth-order valence-electron chi connectivity index (χ4n) is 1.34. The molecule has 6 heteroatoms. The van der Waals surface area contributed by atoms with Crippen molar-refractivity contribution in [2.45, 2.75) is 20.3 Å². The molecule has 104 valence electrons. The van der Waals surface area contributed by atoms with Crippen molar-refractivity contribution >= 4 is 17.6 Å². The fraction of sp³-hybridized carbons (Fsp3) is 0.462. The van der Waals surface area contributed by atoms with Crippen LogP contribution < -0.4 is 16.4 Å². The van der Waals surface area contributed by atoms with Crippen molar-refractivity contribution in [2.24, 2.45) is 16.6 Å². The molecule has 6 nitrogen and oxygen atoms in total. The van der Waals surface area contributed by atoms with Gasteiger partial charge in [-0.25, -0.2) is 4.99 Å². The zero-order valence-electron chi connectivity index (χ0n) is 11.4. The van der Waals surface area contributed by atoms with E-state index in [4.69, 9.17) is 5.73 Å². The van der Waals surface area contributed by atoms with Crippen LogP contribution in [0, 0.1) is 5.92 Å². The number of guanidine groups is 1. The Morgan fingerprint density at radius 3 is 2.95 bits per heavy atom. The van der Waals surface area contributed by atoms with Crippen molar-refractivity contribution in [3.05, 3.63) is 24.5 Å². The zero-order valence-corrected chi connectivity index (χ0v) is 11.4. The first kappa shape index (κ1) is 14.9. The van der Waals surface area contributed by atoms with Gasteiger partial charge in [0.15, 0.2) is 5.96 Å². The van der Waals surface area contributed by atoms with E-state index in [1.54, 1.807) is 24.5 Å². The van der Waals surface area contributed by atoms with Crippen LogP contribution in [-0.2, 0) is 4.79 Å². The Morgan fingerprint density at radius 1 is 1.53 bits per heavy atom. The summed E-state index contributed by atoms with van der Waals surface area (Å²) in [4.78, 5) is 19.4. The summed E-state index contributed by atoms with van der Waals surface area (Å²) in [5.41, 5.74) is 6.30. The number of aliphatic imine (C=N–C) groups is 1. The molecular formula is C13H21N5O. The first-order valence-corrected chi connectivity index (χ1v) is 6.31. The van der Waals surface area contributed by atoms with Gasteiger partial charge in [0, 0.05) is 12.7 Å². The molecule has 0 aliphatic carbocycles. The van der Waals surface area contributed by atoms with Gasteiger partial charge < -0.3 is 16.4 Å². The Kier molecular flexibility index (Phi) is 6.35. The zero-order chi connectivity index (χ0) is 14.1. The molecule has 0 aliphatic rings. The van der Waals surface area contributed by atoms with Crippen LogP contribution >= 0.6 is 0 Å². The smallest absolute Gasteiger partial charge is 0.246 e. The molecule has 1 aromatic heterocycles. The summed E-state index contributed by atoms with van der Waals surface area (Å²) in [5.74, 6) is 0.678. The molecule has 0 radical (unpaired) electrons. The largest absolute Gasteiger partial charge is 0.370 e. The molecular weight excluding hydrogens is 242 g/mol. The highest BCUT2D eigenvalue weighted by Crippen LogP contribution is 2.01. The number of nitrogens with zero attached hydrogens (tertiary/aromatic N) is 2. The summed E-state index contributed by atoms with van der Waals surface area (Å²) in [6.07, 6.45) is 4.23. The van der Waals surface area contributed by atoms with E-state index in [-0.39, 0.29) is 12.5 Å². The molecule has 0 saturated carbocycles. The first-order valence-electron chi connectivity index (χ1n) is 6.31. The number of anilines is 1. The Hall–Kier alpha value is -2.11. The highest BCUT2D eigenvalue weighted by atomic mass is 16.1. The third-order valence-corrected chi connectivity index (χ3v) is 2.37. The molecule has 0 saturated heterocycles. The number of aromatic nitrogens is 1. The van der Waals surface area contributed by atoms with Gasteiger partial charge in [-0.05, 0) is 24.5 Å². The van der Waals surface area contributed by atoms with Crippen LogP contribution in [0.2, 0.25) is 0 Å². The van der Waals surface area contributed by atoms with Crippen molar-refractivity contribution in [1.29, 1.82) is 0 Å². The molecule has 0 bridgehead atoms. The van der Waals surface area contributed by atoms with E-state index in [9.17, 15) is 4.79 Å². The predicted octanol–water partition coefficient (Wildman–Crippen LogP) is 0.970. The topological polar surface area (TPSA) is 92.4 Å². The summed E-state index contributed by atoms with van der Waals surface area (Å²) < 4.78 is 0. The maximum atomic E-state index is 11.6. The first-order chi connectivity index (χ1) is 9.08. The Morgan fingerprint density at radius 2 is 2.32 bits per heavy atom. The molecule has 4 N–H and O–H groups in total. The average Bonchev–Trinajstić information content (AvgIpc) is 2.37. The molecule has 1 heterocycles. The SMILES string of the molecule is CC(C)CCNC(N)=NCC(=O)Nc1cccnc1. The lowest BCUT2D eigenvalue weighted by atomic mass is 10.1. The van der Waals surface area contributed by atoms with Gasteiger partial charge in [-0.3, -0.25) is 9.78 Å². The third-order valence-electron chi connectivity index (χ3n) is 2.37. The van der Waals surface area contributed by atoms with Gasteiger partial charge in [-0.1, -0.05) is 13.8 Å². The lowest BCUT2D eigenvalue weighted by Crippen LogP contribution is -2.34. The second-order valence-corrected chi connectivity index (χ2v) is 4.60.